The molecule has 0 fully saturated rings. The molecule has 28 heavy (non-hydrogen) atoms. The minimum absolute atomic E-state index is 0.176. The highest BCUT2D eigenvalue weighted by Gasteiger charge is 2.15. The molecule has 0 radical (unpaired) electrons. The number of halogens is 1. The predicted octanol–water partition coefficient (Wildman–Crippen LogP) is 5.01. The third-order valence-electron chi connectivity index (χ3n) is 4.02. The molecule has 4 nitrogen and oxygen atoms in total. The number of nitrogens with one attached hydrogen (secondary N) is 2. The lowest BCUT2D eigenvalue weighted by molar-refractivity contribution is -0.113. The SMILES string of the molecule is Cc1ccc(NC(=O)/C(=C/c2ccccc2)NC(=O)c2ccc(I)cc2)cc1. The number of hydrogen-bond donors (Lipinski definition) is 2. The van der Waals surface area contributed by atoms with E-state index in [9.17, 15) is 9.59 Å². The molecule has 0 unspecified atom stereocenters. The van der Waals surface area contributed by atoms with Crippen LogP contribution in [-0.4, -0.2) is 11.8 Å². The van der Waals surface area contributed by atoms with E-state index in [1.807, 2.05) is 73.7 Å². The van der Waals surface area contributed by atoms with Gasteiger partial charge in [-0.3, -0.25) is 9.59 Å². The van der Waals surface area contributed by atoms with Gasteiger partial charge in [-0.15, -0.1) is 0 Å². The van der Waals surface area contributed by atoms with Crippen molar-refractivity contribution in [2.45, 2.75) is 6.92 Å². The monoisotopic (exact) mass is 482 g/mol. The molecule has 0 saturated carbocycles. The lowest BCUT2D eigenvalue weighted by atomic mass is 10.1. The number of hydrogen-bond acceptors (Lipinski definition) is 2. The second-order valence-corrected chi connectivity index (χ2v) is 7.50. The van der Waals surface area contributed by atoms with Crippen LogP contribution in [0.15, 0.2) is 84.6 Å². The summed E-state index contributed by atoms with van der Waals surface area (Å²) in [6, 6.07) is 24.0. The summed E-state index contributed by atoms with van der Waals surface area (Å²) in [5.41, 5.74) is 3.25. The summed E-state index contributed by atoms with van der Waals surface area (Å²) < 4.78 is 1.03. The van der Waals surface area contributed by atoms with Crippen LogP contribution in [0.3, 0.4) is 0 Å². The molecule has 0 aromatic heterocycles. The zero-order chi connectivity index (χ0) is 19.9. The molecule has 0 aliphatic carbocycles. The summed E-state index contributed by atoms with van der Waals surface area (Å²) in [4.78, 5) is 25.5. The third kappa shape index (κ3) is 5.53. The zero-order valence-corrected chi connectivity index (χ0v) is 17.4. The Hall–Kier alpha value is -2.93. The van der Waals surface area contributed by atoms with Gasteiger partial charge in [0.1, 0.15) is 5.70 Å². The molecule has 2 amide bonds. The van der Waals surface area contributed by atoms with Gasteiger partial charge >= 0.3 is 0 Å². The van der Waals surface area contributed by atoms with Crippen LogP contribution in [0.25, 0.3) is 6.08 Å². The Bertz CT molecular complexity index is 995. The highest BCUT2D eigenvalue weighted by atomic mass is 127. The van der Waals surface area contributed by atoms with Crippen molar-refractivity contribution in [2.75, 3.05) is 5.32 Å². The first-order valence-electron chi connectivity index (χ1n) is 8.73. The maximum Gasteiger partial charge on any atom is 0.272 e. The zero-order valence-electron chi connectivity index (χ0n) is 15.3. The highest BCUT2D eigenvalue weighted by molar-refractivity contribution is 14.1. The van der Waals surface area contributed by atoms with Gasteiger partial charge in [0.05, 0.1) is 0 Å². The Morgan fingerprint density at radius 1 is 0.857 bits per heavy atom. The number of carbonyl (C=O) groups excluding carboxylic acids is 2. The van der Waals surface area contributed by atoms with Crippen molar-refractivity contribution in [1.82, 2.24) is 5.32 Å². The van der Waals surface area contributed by atoms with Crippen LogP contribution < -0.4 is 10.6 Å². The molecule has 0 saturated heterocycles. The van der Waals surface area contributed by atoms with Gasteiger partial charge in [0.2, 0.25) is 0 Å². The molecule has 0 aliphatic rings. The maximum atomic E-state index is 12.8. The molecule has 0 spiro atoms. The van der Waals surface area contributed by atoms with Gasteiger partial charge in [-0.1, -0.05) is 48.0 Å². The molecule has 5 heteroatoms. The van der Waals surface area contributed by atoms with Crippen molar-refractivity contribution in [1.29, 1.82) is 0 Å². The molecule has 3 rings (SSSR count). The van der Waals surface area contributed by atoms with E-state index in [1.165, 1.54) is 0 Å². The fraction of sp³-hybridized carbons (Fsp3) is 0.0435. The van der Waals surface area contributed by atoms with E-state index < -0.39 is 0 Å². The quantitative estimate of drug-likeness (QED) is 0.397. The van der Waals surface area contributed by atoms with Gasteiger partial charge in [0.25, 0.3) is 11.8 Å². The van der Waals surface area contributed by atoms with E-state index in [4.69, 9.17) is 0 Å². The van der Waals surface area contributed by atoms with Gasteiger partial charge in [-0.05, 0) is 77.6 Å². The fourth-order valence-corrected chi connectivity index (χ4v) is 2.86. The van der Waals surface area contributed by atoms with Gasteiger partial charge in [0, 0.05) is 14.8 Å². The minimum Gasteiger partial charge on any atom is -0.321 e. The summed E-state index contributed by atoms with van der Waals surface area (Å²) in [5.74, 6) is -0.718. The summed E-state index contributed by atoms with van der Waals surface area (Å²) in [5, 5.41) is 5.57. The van der Waals surface area contributed by atoms with E-state index in [1.54, 1.807) is 18.2 Å². The average molecular weight is 482 g/mol. The number of rotatable bonds is 5. The van der Waals surface area contributed by atoms with E-state index >= 15 is 0 Å². The molecule has 0 heterocycles. The molecular weight excluding hydrogens is 463 g/mol. The first-order chi connectivity index (χ1) is 13.5. The van der Waals surface area contributed by atoms with Crippen LogP contribution in [0.4, 0.5) is 5.69 Å². The second-order valence-electron chi connectivity index (χ2n) is 6.25. The Morgan fingerprint density at radius 2 is 1.50 bits per heavy atom. The van der Waals surface area contributed by atoms with E-state index in [0.29, 0.717) is 11.3 Å². The number of amides is 2. The number of anilines is 1. The smallest absolute Gasteiger partial charge is 0.272 e. The summed E-state index contributed by atoms with van der Waals surface area (Å²) in [7, 11) is 0. The van der Waals surface area contributed by atoms with Crippen LogP contribution in [0.2, 0.25) is 0 Å². The van der Waals surface area contributed by atoms with Crippen LogP contribution in [0.5, 0.6) is 0 Å². The molecule has 140 valence electrons. The Labute approximate surface area is 177 Å². The summed E-state index contributed by atoms with van der Waals surface area (Å²) >= 11 is 2.18. The van der Waals surface area contributed by atoms with Gasteiger partial charge < -0.3 is 10.6 Å². The first-order valence-corrected chi connectivity index (χ1v) is 9.81. The van der Waals surface area contributed by atoms with Crippen LogP contribution in [0, 0.1) is 10.5 Å². The van der Waals surface area contributed by atoms with Gasteiger partial charge in [-0.25, -0.2) is 0 Å². The average Bonchev–Trinajstić information content (AvgIpc) is 2.70. The van der Waals surface area contributed by atoms with E-state index in [-0.39, 0.29) is 17.5 Å². The molecule has 0 atom stereocenters. The van der Waals surface area contributed by atoms with Crippen molar-refractivity contribution < 1.29 is 9.59 Å². The van der Waals surface area contributed by atoms with Crippen molar-refractivity contribution in [3.8, 4) is 0 Å². The van der Waals surface area contributed by atoms with Crippen molar-refractivity contribution >= 4 is 46.2 Å². The summed E-state index contributed by atoms with van der Waals surface area (Å²) in [6.45, 7) is 1.98. The normalized spacial score (nSPS) is 11.0. The first kappa shape index (κ1) is 19.8. The second kappa shape index (κ2) is 9.32. The molecule has 3 aromatic carbocycles. The van der Waals surface area contributed by atoms with Crippen LogP contribution >= 0.6 is 22.6 Å². The van der Waals surface area contributed by atoms with Gasteiger partial charge in [-0.2, -0.15) is 0 Å². The molecule has 2 N–H and O–H groups in total. The predicted molar refractivity (Wildman–Crippen MR) is 121 cm³/mol. The van der Waals surface area contributed by atoms with Gasteiger partial charge in [0.15, 0.2) is 0 Å². The highest BCUT2D eigenvalue weighted by Crippen LogP contribution is 2.13. The van der Waals surface area contributed by atoms with Crippen molar-refractivity contribution in [2.24, 2.45) is 0 Å². The van der Waals surface area contributed by atoms with Crippen molar-refractivity contribution in [3.05, 3.63) is 105 Å². The van der Waals surface area contributed by atoms with Crippen LogP contribution in [-0.2, 0) is 4.79 Å². The topological polar surface area (TPSA) is 58.2 Å². The Balaban J connectivity index is 1.85. The summed E-state index contributed by atoms with van der Waals surface area (Å²) in [6.07, 6.45) is 1.66. The molecular formula is C23H19IN2O2. The minimum atomic E-state index is -0.383. The lowest BCUT2D eigenvalue weighted by Crippen LogP contribution is -2.30. The lowest BCUT2D eigenvalue weighted by Gasteiger charge is -2.12. The number of aryl methyl sites for hydroxylation is 1. The standard InChI is InChI=1S/C23H19IN2O2/c1-16-7-13-20(14-8-16)25-23(28)21(15-17-5-3-2-4-6-17)26-22(27)18-9-11-19(24)12-10-18/h2-15H,1H3,(H,25,28)(H,26,27)/b21-15-. The molecule has 0 aliphatic heterocycles. The van der Waals surface area contributed by atoms with E-state index in [2.05, 4.69) is 33.2 Å². The number of carbonyl (C=O) groups is 2. The van der Waals surface area contributed by atoms with Crippen molar-refractivity contribution in [3.63, 3.8) is 0 Å². The maximum absolute atomic E-state index is 12.8. The Kier molecular flexibility index (Phi) is 6.60. The van der Waals surface area contributed by atoms with E-state index in [0.717, 1.165) is 14.7 Å². The largest absolute Gasteiger partial charge is 0.321 e. The molecule has 3 aromatic rings. The fourth-order valence-electron chi connectivity index (χ4n) is 2.51. The number of benzene rings is 3. The molecule has 0 bridgehead atoms. The van der Waals surface area contributed by atoms with Crippen LogP contribution in [0.1, 0.15) is 21.5 Å². The third-order valence-corrected chi connectivity index (χ3v) is 4.74. The Morgan fingerprint density at radius 3 is 2.14 bits per heavy atom.